The fourth-order valence-electron chi connectivity index (χ4n) is 0.855. The molecule has 1 saturated heterocycles. The second-order valence-corrected chi connectivity index (χ2v) is 2.36. The molecule has 3 heteroatoms. The molecular formula is C5H10ClNO. The van der Waals surface area contributed by atoms with Gasteiger partial charge in [0, 0.05) is 18.5 Å². The first-order valence-electron chi connectivity index (χ1n) is 2.79. The Morgan fingerprint density at radius 3 is 2.62 bits per heavy atom. The molecule has 8 heavy (non-hydrogen) atoms. The van der Waals surface area contributed by atoms with Crippen LogP contribution in [0.4, 0.5) is 0 Å². The highest BCUT2D eigenvalue weighted by Gasteiger charge is 2.25. The van der Waals surface area contributed by atoms with E-state index in [1.165, 1.54) is 0 Å². The zero-order chi connectivity index (χ0) is 5.98. The van der Waals surface area contributed by atoms with Crippen LogP contribution >= 0.6 is 11.6 Å². The topological polar surface area (TPSA) is 23.5 Å². The lowest BCUT2D eigenvalue weighted by Gasteiger charge is -2.37. The van der Waals surface area contributed by atoms with E-state index >= 15 is 0 Å². The average molecular weight is 136 g/mol. The second-order valence-electron chi connectivity index (χ2n) is 2.05. The summed E-state index contributed by atoms with van der Waals surface area (Å²) in [6.07, 6.45) is 1.14. The summed E-state index contributed by atoms with van der Waals surface area (Å²) in [5.41, 5.74) is 0. The minimum atomic E-state index is 0.164. The molecule has 0 aliphatic carbocycles. The van der Waals surface area contributed by atoms with E-state index in [0.717, 1.165) is 13.0 Å². The fourth-order valence-corrected chi connectivity index (χ4v) is 1.20. The maximum absolute atomic E-state index is 8.55. The van der Waals surface area contributed by atoms with Crippen molar-refractivity contribution in [3.63, 3.8) is 0 Å². The standard InChI is InChI=1S/C5H10ClNO/c6-3-5-1-2-7(5)4-8/h5,8H,1-4H2. The van der Waals surface area contributed by atoms with Gasteiger partial charge in [0.25, 0.3) is 0 Å². The molecule has 0 spiro atoms. The number of aliphatic hydroxyl groups is 1. The van der Waals surface area contributed by atoms with Gasteiger partial charge >= 0.3 is 0 Å². The van der Waals surface area contributed by atoms with Gasteiger partial charge in [-0.1, -0.05) is 0 Å². The normalized spacial score (nSPS) is 30.0. The Morgan fingerprint density at radius 1 is 1.75 bits per heavy atom. The van der Waals surface area contributed by atoms with Crippen LogP contribution in [-0.4, -0.2) is 35.2 Å². The highest BCUT2D eigenvalue weighted by atomic mass is 35.5. The van der Waals surface area contributed by atoms with Crippen molar-refractivity contribution in [3.8, 4) is 0 Å². The minimum Gasteiger partial charge on any atom is -0.381 e. The maximum atomic E-state index is 8.55. The third kappa shape index (κ3) is 0.966. The van der Waals surface area contributed by atoms with Gasteiger partial charge in [-0.15, -0.1) is 11.6 Å². The number of nitrogens with zero attached hydrogens (tertiary/aromatic N) is 1. The van der Waals surface area contributed by atoms with Crippen molar-refractivity contribution >= 4 is 11.6 Å². The molecule has 0 aromatic carbocycles. The summed E-state index contributed by atoms with van der Waals surface area (Å²) < 4.78 is 0. The van der Waals surface area contributed by atoms with Crippen molar-refractivity contribution in [1.82, 2.24) is 4.90 Å². The number of likely N-dealkylation sites (tertiary alicyclic amines) is 1. The van der Waals surface area contributed by atoms with Gasteiger partial charge in [0.05, 0.1) is 6.73 Å². The molecule has 1 heterocycles. The number of hydrogen-bond acceptors (Lipinski definition) is 2. The first kappa shape index (κ1) is 6.33. The molecule has 1 rings (SSSR count). The van der Waals surface area contributed by atoms with Crippen LogP contribution in [0.25, 0.3) is 0 Å². The lowest BCUT2D eigenvalue weighted by molar-refractivity contribution is 0.0128. The van der Waals surface area contributed by atoms with E-state index in [-0.39, 0.29) is 6.73 Å². The summed E-state index contributed by atoms with van der Waals surface area (Å²) in [4.78, 5) is 1.95. The van der Waals surface area contributed by atoms with Crippen LogP contribution in [0.2, 0.25) is 0 Å². The van der Waals surface area contributed by atoms with E-state index in [2.05, 4.69) is 0 Å². The third-order valence-electron chi connectivity index (χ3n) is 1.63. The molecule has 0 aromatic rings. The van der Waals surface area contributed by atoms with Gasteiger partial charge in [-0.25, -0.2) is 0 Å². The zero-order valence-electron chi connectivity index (χ0n) is 4.68. The Balaban J connectivity index is 2.16. The van der Waals surface area contributed by atoms with Gasteiger partial charge in [0.1, 0.15) is 0 Å². The molecule has 0 saturated carbocycles. The van der Waals surface area contributed by atoms with Crippen LogP contribution in [0.1, 0.15) is 6.42 Å². The van der Waals surface area contributed by atoms with Gasteiger partial charge in [0.15, 0.2) is 0 Å². The summed E-state index contributed by atoms with van der Waals surface area (Å²) >= 11 is 5.52. The Kier molecular flexibility index (Phi) is 2.11. The largest absolute Gasteiger partial charge is 0.381 e. The van der Waals surface area contributed by atoms with Gasteiger partial charge < -0.3 is 5.11 Å². The highest BCUT2D eigenvalue weighted by molar-refractivity contribution is 6.18. The molecule has 1 fully saturated rings. The average Bonchev–Trinajstić information content (AvgIpc) is 1.66. The van der Waals surface area contributed by atoms with Crippen LogP contribution < -0.4 is 0 Å². The molecule has 0 bridgehead atoms. The first-order valence-corrected chi connectivity index (χ1v) is 3.33. The molecule has 48 valence electrons. The van der Waals surface area contributed by atoms with Crippen molar-refractivity contribution in [2.75, 3.05) is 19.2 Å². The number of rotatable bonds is 2. The smallest absolute Gasteiger partial charge is 0.0959 e. The summed E-state index contributed by atoms with van der Waals surface area (Å²) in [6, 6.07) is 0.446. The number of halogens is 1. The SMILES string of the molecule is OCN1CCC1CCl. The quantitative estimate of drug-likeness (QED) is 0.549. The number of aliphatic hydroxyl groups excluding tert-OH is 1. The summed E-state index contributed by atoms with van der Waals surface area (Å²) in [6.45, 7) is 1.17. The monoisotopic (exact) mass is 135 g/mol. The van der Waals surface area contributed by atoms with Crippen LogP contribution in [0.3, 0.4) is 0 Å². The molecule has 0 radical (unpaired) electrons. The molecule has 1 aliphatic rings. The number of hydrogen-bond donors (Lipinski definition) is 1. The van der Waals surface area contributed by atoms with E-state index in [4.69, 9.17) is 16.7 Å². The molecule has 0 aromatic heterocycles. The van der Waals surface area contributed by atoms with Gasteiger partial charge in [-0.3, -0.25) is 4.90 Å². The second kappa shape index (κ2) is 2.67. The lowest BCUT2D eigenvalue weighted by Crippen LogP contribution is -2.48. The zero-order valence-corrected chi connectivity index (χ0v) is 5.43. The van der Waals surface area contributed by atoms with E-state index < -0.39 is 0 Å². The molecule has 0 amide bonds. The summed E-state index contributed by atoms with van der Waals surface area (Å²) in [5.74, 6) is 0.653. The molecule has 1 aliphatic heterocycles. The summed E-state index contributed by atoms with van der Waals surface area (Å²) in [5, 5.41) is 8.55. The van der Waals surface area contributed by atoms with Gasteiger partial charge in [0.2, 0.25) is 0 Å². The van der Waals surface area contributed by atoms with E-state index in [0.29, 0.717) is 11.9 Å². The Morgan fingerprint density at radius 2 is 2.50 bits per heavy atom. The first-order chi connectivity index (χ1) is 3.88. The summed E-state index contributed by atoms with van der Waals surface area (Å²) in [7, 11) is 0. The lowest BCUT2D eigenvalue weighted by atomic mass is 10.1. The Bertz CT molecular complexity index is 64.8. The Hall–Kier alpha value is 0.210. The highest BCUT2D eigenvalue weighted by Crippen LogP contribution is 2.16. The van der Waals surface area contributed by atoms with Crippen molar-refractivity contribution < 1.29 is 5.11 Å². The third-order valence-corrected chi connectivity index (χ3v) is 1.98. The van der Waals surface area contributed by atoms with Crippen LogP contribution in [0, 0.1) is 0 Å². The fraction of sp³-hybridized carbons (Fsp3) is 1.00. The van der Waals surface area contributed by atoms with Crippen molar-refractivity contribution in [3.05, 3.63) is 0 Å². The Labute approximate surface area is 54.1 Å². The van der Waals surface area contributed by atoms with Gasteiger partial charge in [-0.05, 0) is 6.42 Å². The molecule has 1 N–H and O–H groups in total. The molecule has 1 unspecified atom stereocenters. The van der Waals surface area contributed by atoms with Crippen molar-refractivity contribution in [1.29, 1.82) is 0 Å². The minimum absolute atomic E-state index is 0.164. The predicted octanol–water partition coefficient (Wildman–Crippen LogP) is 0.249. The predicted molar refractivity (Wildman–Crippen MR) is 32.9 cm³/mol. The van der Waals surface area contributed by atoms with E-state index in [9.17, 15) is 0 Å². The molecule has 1 atom stereocenters. The van der Waals surface area contributed by atoms with Gasteiger partial charge in [-0.2, -0.15) is 0 Å². The molecule has 2 nitrogen and oxygen atoms in total. The maximum Gasteiger partial charge on any atom is 0.0959 e. The van der Waals surface area contributed by atoms with Crippen LogP contribution in [-0.2, 0) is 0 Å². The molecular weight excluding hydrogens is 126 g/mol. The van der Waals surface area contributed by atoms with Crippen LogP contribution in [0.15, 0.2) is 0 Å². The number of alkyl halides is 1. The van der Waals surface area contributed by atoms with Crippen molar-refractivity contribution in [2.24, 2.45) is 0 Å². The van der Waals surface area contributed by atoms with Crippen molar-refractivity contribution in [2.45, 2.75) is 12.5 Å². The van der Waals surface area contributed by atoms with E-state index in [1.807, 2.05) is 4.90 Å². The van der Waals surface area contributed by atoms with Crippen LogP contribution in [0.5, 0.6) is 0 Å². The van der Waals surface area contributed by atoms with E-state index in [1.54, 1.807) is 0 Å².